The topological polar surface area (TPSA) is 74.9 Å². The third-order valence-electron chi connectivity index (χ3n) is 4.69. The number of fused-ring (bicyclic) bond motifs is 1. The molecule has 1 aromatic carbocycles. The van der Waals surface area contributed by atoms with Crippen LogP contribution in [0.5, 0.6) is 5.75 Å². The Balaban J connectivity index is 1.54. The Hall–Kier alpha value is -2.80. The van der Waals surface area contributed by atoms with Gasteiger partial charge in [0.05, 0.1) is 37.7 Å². The van der Waals surface area contributed by atoms with Gasteiger partial charge < -0.3 is 24.3 Å². The Morgan fingerprint density at radius 1 is 1.12 bits per heavy atom. The molecule has 136 valence electrons. The first-order chi connectivity index (χ1) is 12.7. The van der Waals surface area contributed by atoms with Gasteiger partial charge in [-0.2, -0.15) is 0 Å². The number of nitrogens with one attached hydrogen (secondary N) is 1. The smallest absolute Gasteiger partial charge is 0.265 e. The summed E-state index contributed by atoms with van der Waals surface area (Å²) in [6, 6.07) is 11.1. The molecule has 1 N–H and O–H groups in total. The number of amides is 1. The highest BCUT2D eigenvalue weighted by molar-refractivity contribution is 5.98. The second kappa shape index (κ2) is 7.21. The van der Waals surface area contributed by atoms with E-state index in [4.69, 9.17) is 9.47 Å². The first kappa shape index (κ1) is 16.7. The van der Waals surface area contributed by atoms with E-state index in [-0.39, 0.29) is 18.2 Å². The molecule has 0 saturated carbocycles. The van der Waals surface area contributed by atoms with Crippen molar-refractivity contribution in [1.82, 2.24) is 9.88 Å². The number of morpholine rings is 1. The zero-order valence-electron chi connectivity index (χ0n) is 14.4. The molecule has 7 nitrogen and oxygen atoms in total. The number of carbonyl (C=O) groups is 2. The van der Waals surface area contributed by atoms with Crippen molar-refractivity contribution in [3.8, 4) is 5.75 Å². The molecule has 4 rings (SSSR count). The number of ether oxygens (including phenoxy) is 2. The second-order valence-electron chi connectivity index (χ2n) is 6.40. The Kier molecular flexibility index (Phi) is 4.62. The van der Waals surface area contributed by atoms with E-state index in [9.17, 15) is 9.59 Å². The van der Waals surface area contributed by atoms with Crippen LogP contribution in [-0.4, -0.2) is 67.1 Å². The molecule has 0 bridgehead atoms. The fraction of sp³-hybridized carbons (Fsp3) is 0.368. The lowest BCUT2D eigenvalue weighted by molar-refractivity contribution is -0.142. The van der Waals surface area contributed by atoms with Crippen molar-refractivity contribution in [2.75, 3.05) is 44.3 Å². The lowest BCUT2D eigenvalue weighted by Gasteiger charge is -2.38. The van der Waals surface area contributed by atoms with Crippen LogP contribution in [0.15, 0.2) is 42.6 Å². The van der Waals surface area contributed by atoms with Crippen LogP contribution in [0.4, 0.5) is 5.69 Å². The summed E-state index contributed by atoms with van der Waals surface area (Å²) in [5.41, 5.74) is 1.39. The number of H-pyrrole nitrogens is 1. The zero-order valence-corrected chi connectivity index (χ0v) is 14.4. The van der Waals surface area contributed by atoms with E-state index in [0.717, 1.165) is 5.69 Å². The molecule has 0 spiro atoms. The predicted molar refractivity (Wildman–Crippen MR) is 95.6 cm³/mol. The molecule has 3 heterocycles. The van der Waals surface area contributed by atoms with Crippen LogP contribution >= 0.6 is 0 Å². The minimum absolute atomic E-state index is 0.0238. The van der Waals surface area contributed by atoms with Crippen molar-refractivity contribution in [2.24, 2.45) is 0 Å². The number of aromatic amines is 1. The van der Waals surface area contributed by atoms with Crippen LogP contribution in [-0.2, 0) is 9.53 Å². The van der Waals surface area contributed by atoms with Crippen LogP contribution in [0.3, 0.4) is 0 Å². The average molecular weight is 355 g/mol. The number of benzene rings is 1. The lowest BCUT2D eigenvalue weighted by atomic mass is 10.1. The molecule has 7 heteroatoms. The summed E-state index contributed by atoms with van der Waals surface area (Å²) in [5, 5.41) is 0. The van der Waals surface area contributed by atoms with E-state index >= 15 is 0 Å². The summed E-state index contributed by atoms with van der Waals surface area (Å²) in [7, 11) is 0. The summed E-state index contributed by atoms with van der Waals surface area (Å²) in [6.45, 7) is 2.77. The number of rotatable bonds is 4. The number of ketones is 1. The summed E-state index contributed by atoms with van der Waals surface area (Å²) in [6.07, 6.45) is 1.10. The quantitative estimate of drug-likeness (QED) is 0.838. The summed E-state index contributed by atoms with van der Waals surface area (Å²) in [5.74, 6) is 0.550. The number of hydrogen-bond acceptors (Lipinski definition) is 5. The highest BCUT2D eigenvalue weighted by Gasteiger charge is 2.34. The summed E-state index contributed by atoms with van der Waals surface area (Å²) in [4.78, 5) is 32.0. The van der Waals surface area contributed by atoms with Crippen LogP contribution in [0.1, 0.15) is 10.5 Å². The highest BCUT2D eigenvalue weighted by atomic mass is 16.5. The molecule has 26 heavy (non-hydrogen) atoms. The van der Waals surface area contributed by atoms with Gasteiger partial charge in [-0.05, 0) is 24.3 Å². The van der Waals surface area contributed by atoms with Gasteiger partial charge in [0.1, 0.15) is 5.75 Å². The maximum absolute atomic E-state index is 12.9. The Labute approximate surface area is 151 Å². The maximum Gasteiger partial charge on any atom is 0.265 e. The van der Waals surface area contributed by atoms with Crippen molar-refractivity contribution in [3.63, 3.8) is 0 Å². The van der Waals surface area contributed by atoms with Crippen molar-refractivity contribution < 1.29 is 19.1 Å². The lowest BCUT2D eigenvalue weighted by Crippen LogP contribution is -2.53. The summed E-state index contributed by atoms with van der Waals surface area (Å²) < 4.78 is 11.3. The van der Waals surface area contributed by atoms with Gasteiger partial charge in [-0.3, -0.25) is 9.59 Å². The monoisotopic (exact) mass is 355 g/mol. The largest absolute Gasteiger partial charge is 0.477 e. The standard InChI is InChI=1S/C19H21N3O4/c23-16(14-4-3-7-20-14)12-22-13-18(19(24)21-8-10-25-11-9-21)26-17-6-2-1-5-15(17)22/h1-7,18,20H,8-13H2/t18-/m0/s1. The number of nitrogens with zero attached hydrogens (tertiary/aromatic N) is 2. The number of aromatic nitrogens is 1. The molecule has 0 aliphatic carbocycles. The number of anilines is 1. The third kappa shape index (κ3) is 3.30. The van der Waals surface area contributed by atoms with Gasteiger partial charge in [-0.25, -0.2) is 0 Å². The molecule has 0 unspecified atom stereocenters. The molecule has 1 amide bonds. The van der Waals surface area contributed by atoms with Gasteiger partial charge in [0, 0.05) is 19.3 Å². The number of para-hydroxylation sites is 2. The molecule has 1 aromatic heterocycles. The SMILES string of the molecule is O=C(CN1C[C@@H](C(=O)N2CCOCC2)Oc2ccccc21)c1ccc[nH]1. The van der Waals surface area contributed by atoms with E-state index in [2.05, 4.69) is 4.98 Å². The molecule has 2 aromatic rings. The normalized spacial score (nSPS) is 19.6. The van der Waals surface area contributed by atoms with E-state index in [1.54, 1.807) is 23.2 Å². The molecular weight excluding hydrogens is 334 g/mol. The van der Waals surface area contributed by atoms with Gasteiger partial charge in [0.2, 0.25) is 0 Å². The molecule has 0 radical (unpaired) electrons. The van der Waals surface area contributed by atoms with E-state index in [0.29, 0.717) is 44.3 Å². The Bertz CT molecular complexity index is 784. The van der Waals surface area contributed by atoms with Crippen molar-refractivity contribution in [3.05, 3.63) is 48.3 Å². The molecular formula is C19H21N3O4. The molecule has 2 aliphatic heterocycles. The second-order valence-corrected chi connectivity index (χ2v) is 6.40. The van der Waals surface area contributed by atoms with Crippen molar-refractivity contribution in [1.29, 1.82) is 0 Å². The van der Waals surface area contributed by atoms with Crippen LogP contribution in [0.25, 0.3) is 0 Å². The van der Waals surface area contributed by atoms with Gasteiger partial charge in [-0.1, -0.05) is 12.1 Å². The minimum Gasteiger partial charge on any atom is -0.477 e. The highest BCUT2D eigenvalue weighted by Crippen LogP contribution is 2.33. The van der Waals surface area contributed by atoms with Gasteiger partial charge in [0.25, 0.3) is 5.91 Å². The molecule has 1 atom stereocenters. The van der Waals surface area contributed by atoms with E-state index in [1.807, 2.05) is 29.2 Å². The zero-order chi connectivity index (χ0) is 17.9. The summed E-state index contributed by atoms with van der Waals surface area (Å²) >= 11 is 0. The number of carbonyl (C=O) groups excluding carboxylic acids is 2. The fourth-order valence-electron chi connectivity index (χ4n) is 3.34. The molecule has 1 saturated heterocycles. The van der Waals surface area contributed by atoms with Gasteiger partial charge in [-0.15, -0.1) is 0 Å². The van der Waals surface area contributed by atoms with Crippen molar-refractivity contribution >= 4 is 17.4 Å². The fourth-order valence-corrected chi connectivity index (χ4v) is 3.34. The van der Waals surface area contributed by atoms with Gasteiger partial charge in [0.15, 0.2) is 11.9 Å². The first-order valence-corrected chi connectivity index (χ1v) is 8.76. The number of hydrogen-bond donors (Lipinski definition) is 1. The third-order valence-corrected chi connectivity index (χ3v) is 4.69. The minimum atomic E-state index is -0.626. The van der Waals surface area contributed by atoms with E-state index < -0.39 is 6.10 Å². The van der Waals surface area contributed by atoms with Crippen molar-refractivity contribution in [2.45, 2.75) is 6.10 Å². The van der Waals surface area contributed by atoms with Crippen LogP contribution in [0.2, 0.25) is 0 Å². The van der Waals surface area contributed by atoms with E-state index in [1.165, 1.54) is 0 Å². The Morgan fingerprint density at radius 3 is 2.69 bits per heavy atom. The molecule has 1 fully saturated rings. The number of Topliss-reactive ketones (excluding diaryl/α,β-unsaturated/α-hetero) is 1. The predicted octanol–water partition coefficient (Wildman–Crippen LogP) is 1.32. The molecule has 2 aliphatic rings. The Morgan fingerprint density at radius 2 is 1.92 bits per heavy atom. The average Bonchev–Trinajstić information content (AvgIpc) is 3.23. The van der Waals surface area contributed by atoms with Gasteiger partial charge >= 0.3 is 0 Å². The maximum atomic E-state index is 12.9. The van der Waals surface area contributed by atoms with Crippen LogP contribution in [0, 0.1) is 0 Å². The first-order valence-electron chi connectivity index (χ1n) is 8.76. The van der Waals surface area contributed by atoms with Crippen LogP contribution < -0.4 is 9.64 Å².